The van der Waals surface area contributed by atoms with Crippen LogP contribution in [0, 0.1) is 5.92 Å². The molecule has 1 amide bonds. The van der Waals surface area contributed by atoms with Crippen LogP contribution in [0.3, 0.4) is 0 Å². The maximum atomic E-state index is 13.2. The highest BCUT2D eigenvalue weighted by atomic mass is 19.3. The molecule has 0 radical (unpaired) electrons. The lowest BCUT2D eigenvalue weighted by Gasteiger charge is -2.32. The first kappa shape index (κ1) is 16.1. The zero-order valence-corrected chi connectivity index (χ0v) is 12.9. The molecule has 0 aromatic heterocycles. The van der Waals surface area contributed by atoms with Gasteiger partial charge in [0.2, 0.25) is 11.8 Å². The molecule has 0 aromatic rings. The number of hydrogen-bond acceptors (Lipinski definition) is 3. The van der Waals surface area contributed by atoms with Gasteiger partial charge in [0.1, 0.15) is 0 Å². The van der Waals surface area contributed by atoms with Gasteiger partial charge in [0.05, 0.1) is 6.10 Å². The summed E-state index contributed by atoms with van der Waals surface area (Å²) in [5, 5.41) is 12.8. The van der Waals surface area contributed by atoms with Crippen LogP contribution in [0.1, 0.15) is 51.4 Å². The van der Waals surface area contributed by atoms with Crippen molar-refractivity contribution in [3.63, 3.8) is 0 Å². The number of likely N-dealkylation sites (tertiary alicyclic amines) is 1. The van der Waals surface area contributed by atoms with E-state index in [1.54, 1.807) is 0 Å². The average molecular weight is 316 g/mol. The molecule has 0 bridgehead atoms. The van der Waals surface area contributed by atoms with Crippen LogP contribution in [0.25, 0.3) is 0 Å². The maximum absolute atomic E-state index is 13.2. The second-order valence-corrected chi connectivity index (χ2v) is 7.18. The van der Waals surface area contributed by atoms with E-state index in [-0.39, 0.29) is 36.8 Å². The van der Waals surface area contributed by atoms with E-state index >= 15 is 0 Å². The zero-order valence-electron chi connectivity index (χ0n) is 12.9. The van der Waals surface area contributed by atoms with Crippen molar-refractivity contribution < 1.29 is 18.7 Å². The van der Waals surface area contributed by atoms with Crippen molar-refractivity contribution in [3.8, 4) is 0 Å². The Morgan fingerprint density at radius 3 is 2.50 bits per heavy atom. The maximum Gasteiger partial charge on any atom is 0.248 e. The van der Waals surface area contributed by atoms with Crippen LogP contribution in [0.15, 0.2) is 0 Å². The van der Waals surface area contributed by atoms with Crippen molar-refractivity contribution in [3.05, 3.63) is 0 Å². The number of aliphatic hydroxyl groups is 1. The van der Waals surface area contributed by atoms with Gasteiger partial charge in [-0.15, -0.1) is 0 Å². The summed E-state index contributed by atoms with van der Waals surface area (Å²) in [6.07, 6.45) is 3.86. The Labute approximate surface area is 130 Å². The van der Waals surface area contributed by atoms with Gasteiger partial charge >= 0.3 is 0 Å². The largest absolute Gasteiger partial charge is 0.392 e. The Morgan fingerprint density at radius 1 is 1.14 bits per heavy atom. The number of alkyl halides is 2. The van der Waals surface area contributed by atoms with Gasteiger partial charge in [-0.2, -0.15) is 0 Å². The van der Waals surface area contributed by atoms with Crippen molar-refractivity contribution in [2.75, 3.05) is 13.1 Å². The quantitative estimate of drug-likeness (QED) is 0.836. The fourth-order valence-electron chi connectivity index (χ4n) is 4.22. The van der Waals surface area contributed by atoms with Crippen molar-refractivity contribution in [2.24, 2.45) is 5.92 Å². The lowest BCUT2D eigenvalue weighted by molar-refractivity contribution is -0.130. The predicted octanol–water partition coefficient (Wildman–Crippen LogP) is 1.92. The van der Waals surface area contributed by atoms with E-state index in [1.165, 1.54) is 0 Å². The zero-order chi connectivity index (χ0) is 15.7. The first-order valence-electron chi connectivity index (χ1n) is 8.55. The summed E-state index contributed by atoms with van der Waals surface area (Å²) in [5.41, 5.74) is 0. The standard InChI is InChI=1S/C16H26F2N2O2/c17-16(18)7-4-11(5-8-16)15(22)19-13-2-1-3-14(13)20-9-6-12(21)10-20/h11-14,21H,1-10H2,(H,19,22)/t12?,13-,14+/m1/s1. The van der Waals surface area contributed by atoms with Gasteiger partial charge in [0, 0.05) is 43.9 Å². The fourth-order valence-corrected chi connectivity index (χ4v) is 4.22. The molecule has 2 aliphatic carbocycles. The first-order chi connectivity index (χ1) is 10.4. The van der Waals surface area contributed by atoms with Crippen LogP contribution in [0.4, 0.5) is 8.78 Å². The van der Waals surface area contributed by atoms with Crippen LogP contribution in [0.2, 0.25) is 0 Å². The number of carbonyl (C=O) groups excluding carboxylic acids is 1. The topological polar surface area (TPSA) is 52.6 Å². The fraction of sp³-hybridized carbons (Fsp3) is 0.938. The van der Waals surface area contributed by atoms with Crippen LogP contribution in [-0.2, 0) is 4.79 Å². The minimum atomic E-state index is -2.58. The van der Waals surface area contributed by atoms with E-state index in [2.05, 4.69) is 10.2 Å². The molecule has 22 heavy (non-hydrogen) atoms. The molecule has 3 rings (SSSR count). The average Bonchev–Trinajstić information content (AvgIpc) is 3.07. The van der Waals surface area contributed by atoms with Gasteiger partial charge in [-0.3, -0.25) is 9.69 Å². The minimum Gasteiger partial charge on any atom is -0.392 e. The molecule has 3 aliphatic rings. The molecule has 1 aliphatic heterocycles. The third kappa shape index (κ3) is 3.59. The second kappa shape index (κ2) is 6.40. The molecule has 4 nitrogen and oxygen atoms in total. The highest BCUT2D eigenvalue weighted by Crippen LogP contribution is 2.36. The molecular formula is C16H26F2N2O2. The van der Waals surface area contributed by atoms with Crippen LogP contribution >= 0.6 is 0 Å². The summed E-state index contributed by atoms with van der Waals surface area (Å²) in [6.45, 7) is 1.57. The van der Waals surface area contributed by atoms with Gasteiger partial charge in [0.15, 0.2) is 0 Å². The van der Waals surface area contributed by atoms with Gasteiger partial charge in [0.25, 0.3) is 0 Å². The number of rotatable bonds is 3. The first-order valence-corrected chi connectivity index (χ1v) is 8.55. The number of hydrogen-bond donors (Lipinski definition) is 2. The summed E-state index contributed by atoms with van der Waals surface area (Å²) in [5.74, 6) is -2.89. The van der Waals surface area contributed by atoms with Gasteiger partial charge in [-0.05, 0) is 38.5 Å². The van der Waals surface area contributed by atoms with E-state index in [0.717, 1.165) is 32.2 Å². The Kier molecular flexibility index (Phi) is 4.69. The molecule has 3 fully saturated rings. The van der Waals surface area contributed by atoms with Gasteiger partial charge in [-0.1, -0.05) is 0 Å². The number of amides is 1. The number of β-amino-alcohol motifs (C(OH)–C–C–N with tert-alkyl or cyclic N) is 1. The normalized spacial score (nSPS) is 36.6. The van der Waals surface area contributed by atoms with E-state index in [1.807, 2.05) is 0 Å². The molecule has 1 saturated heterocycles. The highest BCUT2D eigenvalue weighted by Gasteiger charge is 2.40. The van der Waals surface area contributed by atoms with Crippen molar-refractivity contribution in [1.29, 1.82) is 0 Å². The molecule has 3 atom stereocenters. The van der Waals surface area contributed by atoms with E-state index in [4.69, 9.17) is 0 Å². The van der Waals surface area contributed by atoms with E-state index in [9.17, 15) is 18.7 Å². The molecule has 126 valence electrons. The van der Waals surface area contributed by atoms with Crippen LogP contribution in [-0.4, -0.2) is 53.1 Å². The lowest BCUT2D eigenvalue weighted by Crippen LogP contribution is -2.50. The second-order valence-electron chi connectivity index (χ2n) is 7.18. The summed E-state index contributed by atoms with van der Waals surface area (Å²) in [6, 6.07) is 0.409. The predicted molar refractivity (Wildman–Crippen MR) is 78.7 cm³/mol. The SMILES string of the molecule is O=C(N[C@@H]1CCC[C@@H]1N1CCC(O)C1)C1CCC(F)(F)CC1. The molecule has 0 aromatic carbocycles. The molecule has 2 saturated carbocycles. The smallest absolute Gasteiger partial charge is 0.248 e. The van der Waals surface area contributed by atoms with Crippen LogP contribution in [0.5, 0.6) is 0 Å². The highest BCUT2D eigenvalue weighted by molar-refractivity contribution is 5.79. The third-order valence-electron chi connectivity index (χ3n) is 5.56. The number of carbonyl (C=O) groups is 1. The lowest BCUT2D eigenvalue weighted by atomic mass is 9.86. The molecule has 2 N–H and O–H groups in total. The van der Waals surface area contributed by atoms with Gasteiger partial charge in [-0.25, -0.2) is 8.78 Å². The molecule has 1 heterocycles. The Morgan fingerprint density at radius 2 is 1.86 bits per heavy atom. The number of aliphatic hydroxyl groups excluding tert-OH is 1. The number of nitrogens with zero attached hydrogens (tertiary/aromatic N) is 1. The molecule has 1 unspecified atom stereocenters. The van der Waals surface area contributed by atoms with Crippen LogP contribution < -0.4 is 5.32 Å². The van der Waals surface area contributed by atoms with E-state index < -0.39 is 5.92 Å². The minimum absolute atomic E-state index is 0.0489. The van der Waals surface area contributed by atoms with Crippen molar-refractivity contribution >= 4 is 5.91 Å². The summed E-state index contributed by atoms with van der Waals surface area (Å²) >= 11 is 0. The summed E-state index contributed by atoms with van der Waals surface area (Å²) in [4.78, 5) is 14.6. The third-order valence-corrected chi connectivity index (χ3v) is 5.56. The van der Waals surface area contributed by atoms with Gasteiger partial charge < -0.3 is 10.4 Å². The molecule has 6 heteroatoms. The number of nitrogens with one attached hydrogen (secondary N) is 1. The Balaban J connectivity index is 1.52. The molecule has 0 spiro atoms. The van der Waals surface area contributed by atoms with Crippen molar-refractivity contribution in [1.82, 2.24) is 10.2 Å². The Bertz CT molecular complexity index is 409. The van der Waals surface area contributed by atoms with Crippen molar-refractivity contribution in [2.45, 2.75) is 75.5 Å². The summed E-state index contributed by atoms with van der Waals surface area (Å²) < 4.78 is 26.4. The monoisotopic (exact) mass is 316 g/mol. The summed E-state index contributed by atoms with van der Waals surface area (Å²) in [7, 11) is 0. The number of halogens is 2. The van der Waals surface area contributed by atoms with E-state index in [0.29, 0.717) is 25.4 Å². The Hall–Kier alpha value is -0.750. The molecular weight excluding hydrogens is 290 g/mol.